The van der Waals surface area contributed by atoms with E-state index in [1.807, 2.05) is 26.0 Å². The number of hydrogen-bond acceptors (Lipinski definition) is 8. The van der Waals surface area contributed by atoms with Gasteiger partial charge in [0.1, 0.15) is 5.75 Å². The zero-order valence-electron chi connectivity index (χ0n) is 22.2. The van der Waals surface area contributed by atoms with Crippen LogP contribution in [0.25, 0.3) is 0 Å². The lowest BCUT2D eigenvalue weighted by atomic mass is 10.1. The Kier molecular flexibility index (Phi) is 8.03. The topological polar surface area (TPSA) is 143 Å². The Bertz CT molecular complexity index is 1640. The van der Waals surface area contributed by atoms with Gasteiger partial charge in [-0.1, -0.05) is 24.3 Å². The Morgan fingerprint density at radius 2 is 1.62 bits per heavy atom. The van der Waals surface area contributed by atoms with Crippen LogP contribution in [0.3, 0.4) is 0 Å². The Morgan fingerprint density at radius 1 is 0.950 bits per heavy atom. The van der Waals surface area contributed by atoms with E-state index in [9.17, 15) is 17.6 Å². The van der Waals surface area contributed by atoms with Crippen molar-refractivity contribution in [2.45, 2.75) is 38.2 Å². The molecule has 4 aromatic rings. The van der Waals surface area contributed by atoms with Crippen LogP contribution in [0.15, 0.2) is 77.8 Å². The van der Waals surface area contributed by atoms with Gasteiger partial charge in [0, 0.05) is 11.4 Å². The molecule has 0 saturated carbocycles. The molecule has 0 aliphatic carbocycles. The summed E-state index contributed by atoms with van der Waals surface area (Å²) >= 11 is 0. The summed E-state index contributed by atoms with van der Waals surface area (Å²) in [6.07, 6.45) is 1.10. The Hall–Kier alpha value is -4.55. The van der Waals surface area contributed by atoms with Crippen molar-refractivity contribution in [3.8, 4) is 5.75 Å². The molecule has 0 atom stereocenters. The number of fused-ring (bicyclic) bond motifs is 1. The zero-order chi connectivity index (χ0) is 29.1. The van der Waals surface area contributed by atoms with Gasteiger partial charge >= 0.3 is 0 Å². The van der Waals surface area contributed by atoms with Crippen LogP contribution < -0.4 is 20.7 Å². The smallest absolute Gasteiger partial charge is 0.294 e. The number of carbonyl (C=O) groups excluding carboxylic acids is 1. The van der Waals surface area contributed by atoms with Crippen LogP contribution in [0.1, 0.15) is 25.0 Å². The Labute approximate surface area is 231 Å². The standard InChI is InChI=1S/C22H22FN5O2.C6H6O3S/c1-12-7-13(2)9-15(8-12)26-21-24-11-16(23)19(28-21)25-14-5-6-18-17(10-14)27-20(29)22(3,4)30-18;7-10(8,9)6-4-2-1-3-5-6/h5-11H,1-4H3,(H,27,29)(H2,24,25,26,28);1-5H,(H,7,8,9). The highest BCUT2D eigenvalue weighted by molar-refractivity contribution is 7.85. The minimum Gasteiger partial charge on any atom is -0.476 e. The van der Waals surface area contributed by atoms with Gasteiger partial charge in [-0.05, 0) is 81.3 Å². The summed E-state index contributed by atoms with van der Waals surface area (Å²) in [5.74, 6) is -0.0219. The third-order valence-corrected chi connectivity index (χ3v) is 6.53. The fraction of sp³-hybridized carbons (Fsp3) is 0.179. The van der Waals surface area contributed by atoms with Crippen LogP contribution in [0.2, 0.25) is 0 Å². The number of halogens is 1. The summed E-state index contributed by atoms with van der Waals surface area (Å²) in [5.41, 5.74) is 3.12. The first-order valence-corrected chi connectivity index (χ1v) is 13.6. The number of rotatable bonds is 5. The number of hydrogen-bond donors (Lipinski definition) is 4. The Balaban J connectivity index is 0.000000312. The normalized spacial score (nSPS) is 13.6. The van der Waals surface area contributed by atoms with Crippen molar-refractivity contribution in [2.24, 2.45) is 0 Å². The summed E-state index contributed by atoms with van der Waals surface area (Å²) in [4.78, 5) is 20.3. The number of aromatic nitrogens is 2. The predicted molar refractivity (Wildman–Crippen MR) is 151 cm³/mol. The first-order valence-electron chi connectivity index (χ1n) is 12.1. The molecule has 1 aliphatic rings. The molecule has 0 unspecified atom stereocenters. The molecule has 12 heteroatoms. The van der Waals surface area contributed by atoms with Gasteiger partial charge in [-0.2, -0.15) is 13.4 Å². The van der Waals surface area contributed by atoms with E-state index in [0.29, 0.717) is 17.1 Å². The van der Waals surface area contributed by atoms with Crippen LogP contribution >= 0.6 is 0 Å². The largest absolute Gasteiger partial charge is 0.476 e. The zero-order valence-corrected chi connectivity index (χ0v) is 23.0. The average molecular weight is 566 g/mol. The van der Waals surface area contributed by atoms with Gasteiger partial charge in [0.25, 0.3) is 16.0 Å². The van der Waals surface area contributed by atoms with E-state index in [2.05, 4.69) is 32.0 Å². The fourth-order valence-corrected chi connectivity index (χ4v) is 4.31. The van der Waals surface area contributed by atoms with E-state index in [1.54, 1.807) is 50.2 Å². The van der Waals surface area contributed by atoms with Gasteiger partial charge in [0.2, 0.25) is 5.95 Å². The SMILES string of the molecule is Cc1cc(C)cc(Nc2ncc(F)c(Nc3ccc4c(c3)NC(=O)C(C)(C)O4)n2)c1.O=S(=O)(O)c1ccccc1. The molecule has 40 heavy (non-hydrogen) atoms. The van der Waals surface area contributed by atoms with E-state index in [4.69, 9.17) is 9.29 Å². The number of benzene rings is 3. The monoisotopic (exact) mass is 565 g/mol. The van der Waals surface area contributed by atoms with Crippen molar-refractivity contribution in [2.75, 3.05) is 16.0 Å². The molecule has 0 spiro atoms. The molecule has 4 N–H and O–H groups in total. The minimum atomic E-state index is -4.00. The quantitative estimate of drug-likeness (QED) is 0.222. The summed E-state index contributed by atoms with van der Waals surface area (Å²) in [6, 6.07) is 18.5. The Morgan fingerprint density at radius 3 is 2.25 bits per heavy atom. The minimum absolute atomic E-state index is 0.0141. The van der Waals surface area contributed by atoms with E-state index in [-0.39, 0.29) is 22.6 Å². The van der Waals surface area contributed by atoms with Gasteiger partial charge in [-0.25, -0.2) is 9.37 Å². The highest BCUT2D eigenvalue weighted by atomic mass is 32.2. The van der Waals surface area contributed by atoms with E-state index in [0.717, 1.165) is 23.0 Å². The van der Waals surface area contributed by atoms with E-state index >= 15 is 0 Å². The van der Waals surface area contributed by atoms with Crippen LogP contribution in [0.4, 0.5) is 33.2 Å². The molecule has 2 heterocycles. The maximum Gasteiger partial charge on any atom is 0.294 e. The highest BCUT2D eigenvalue weighted by Gasteiger charge is 2.35. The molecular weight excluding hydrogens is 537 g/mol. The predicted octanol–water partition coefficient (Wildman–Crippen LogP) is 5.76. The molecule has 10 nitrogen and oxygen atoms in total. The second-order valence-electron chi connectivity index (χ2n) is 9.58. The first kappa shape index (κ1) is 28.5. The summed E-state index contributed by atoms with van der Waals surface area (Å²) in [6.45, 7) is 7.38. The van der Waals surface area contributed by atoms with Crippen molar-refractivity contribution in [3.05, 3.63) is 89.9 Å². The van der Waals surface area contributed by atoms with Crippen molar-refractivity contribution in [1.29, 1.82) is 0 Å². The van der Waals surface area contributed by atoms with Gasteiger partial charge < -0.3 is 20.7 Å². The highest BCUT2D eigenvalue weighted by Crippen LogP contribution is 2.36. The third-order valence-electron chi connectivity index (χ3n) is 5.67. The van der Waals surface area contributed by atoms with Crippen molar-refractivity contribution >= 4 is 44.9 Å². The molecule has 0 fully saturated rings. The molecule has 3 aromatic carbocycles. The van der Waals surface area contributed by atoms with Gasteiger partial charge in [-0.3, -0.25) is 9.35 Å². The van der Waals surface area contributed by atoms with E-state index < -0.39 is 21.5 Å². The molecule has 0 bridgehead atoms. The van der Waals surface area contributed by atoms with Gasteiger partial charge in [-0.15, -0.1) is 0 Å². The van der Waals surface area contributed by atoms with Crippen LogP contribution in [-0.2, 0) is 14.9 Å². The second-order valence-corrected chi connectivity index (χ2v) is 11.0. The molecule has 1 aliphatic heterocycles. The number of nitrogens with one attached hydrogen (secondary N) is 3. The maximum absolute atomic E-state index is 14.3. The maximum atomic E-state index is 14.3. The number of ether oxygens (including phenoxy) is 1. The molecule has 208 valence electrons. The van der Waals surface area contributed by atoms with Crippen molar-refractivity contribution in [1.82, 2.24) is 9.97 Å². The number of amides is 1. The summed E-state index contributed by atoms with van der Waals surface area (Å²) < 4.78 is 49.3. The fourth-order valence-electron chi connectivity index (χ4n) is 3.81. The lowest BCUT2D eigenvalue weighted by Gasteiger charge is -2.31. The van der Waals surface area contributed by atoms with Crippen molar-refractivity contribution < 1.29 is 26.9 Å². The number of anilines is 5. The molecule has 1 amide bonds. The lowest BCUT2D eigenvalue weighted by Crippen LogP contribution is -2.45. The molecular formula is C28H28FN5O5S. The van der Waals surface area contributed by atoms with Gasteiger partial charge in [0.15, 0.2) is 17.2 Å². The molecule has 0 saturated heterocycles. The van der Waals surface area contributed by atoms with E-state index in [1.165, 1.54) is 12.1 Å². The summed E-state index contributed by atoms with van der Waals surface area (Å²) in [5, 5.41) is 8.83. The molecule has 0 radical (unpaired) electrons. The third kappa shape index (κ3) is 7.10. The van der Waals surface area contributed by atoms with Crippen LogP contribution in [0.5, 0.6) is 5.75 Å². The van der Waals surface area contributed by atoms with Crippen LogP contribution in [0, 0.1) is 19.7 Å². The average Bonchev–Trinajstić information content (AvgIpc) is 2.87. The molecule has 1 aromatic heterocycles. The number of nitrogens with zero attached hydrogens (tertiary/aromatic N) is 2. The van der Waals surface area contributed by atoms with Crippen LogP contribution in [-0.4, -0.2) is 34.4 Å². The second kappa shape index (κ2) is 11.3. The van der Waals surface area contributed by atoms with Gasteiger partial charge in [0.05, 0.1) is 16.8 Å². The summed E-state index contributed by atoms with van der Waals surface area (Å²) in [7, 11) is -4.00. The lowest BCUT2D eigenvalue weighted by molar-refractivity contribution is -0.129. The number of carbonyl (C=O) groups is 1. The molecule has 5 rings (SSSR count). The number of aryl methyl sites for hydroxylation is 2. The first-order chi connectivity index (χ1) is 18.8. The van der Waals surface area contributed by atoms with Crippen molar-refractivity contribution in [3.63, 3.8) is 0 Å².